The van der Waals surface area contributed by atoms with Crippen LogP contribution in [0.5, 0.6) is 0 Å². The van der Waals surface area contributed by atoms with Crippen LogP contribution < -0.4 is 5.73 Å². The number of carbonyl (C=O) groups is 1. The van der Waals surface area contributed by atoms with E-state index in [4.69, 9.17) is 5.73 Å². The van der Waals surface area contributed by atoms with Gasteiger partial charge in [-0.1, -0.05) is 0 Å². The van der Waals surface area contributed by atoms with E-state index in [9.17, 15) is 13.6 Å². The van der Waals surface area contributed by atoms with Gasteiger partial charge in [-0.3, -0.25) is 4.79 Å². The van der Waals surface area contributed by atoms with Crippen LogP contribution in [0.25, 0.3) is 0 Å². The third-order valence-corrected chi connectivity index (χ3v) is 2.99. The van der Waals surface area contributed by atoms with Crippen molar-refractivity contribution in [1.29, 1.82) is 0 Å². The van der Waals surface area contributed by atoms with Crippen LogP contribution in [0.4, 0.5) is 8.78 Å². The van der Waals surface area contributed by atoms with E-state index in [1.165, 1.54) is 17.9 Å². The first-order valence-corrected chi connectivity index (χ1v) is 5.49. The summed E-state index contributed by atoms with van der Waals surface area (Å²) in [7, 11) is 0. The molecule has 1 saturated heterocycles. The van der Waals surface area contributed by atoms with Gasteiger partial charge in [-0.15, -0.1) is 0 Å². The molecule has 3 nitrogen and oxygen atoms in total. The van der Waals surface area contributed by atoms with E-state index in [-0.39, 0.29) is 17.2 Å². The number of amides is 1. The van der Waals surface area contributed by atoms with E-state index >= 15 is 0 Å². The fourth-order valence-corrected chi connectivity index (χ4v) is 1.96. The van der Waals surface area contributed by atoms with Crippen LogP contribution in [-0.2, 0) is 0 Å². The minimum Gasteiger partial charge on any atom is -0.337 e. The molecule has 1 aliphatic heterocycles. The summed E-state index contributed by atoms with van der Waals surface area (Å²) in [4.78, 5) is 13.5. The number of aryl methyl sites for hydroxylation is 1. The van der Waals surface area contributed by atoms with Gasteiger partial charge in [0, 0.05) is 25.2 Å². The van der Waals surface area contributed by atoms with E-state index in [2.05, 4.69) is 0 Å². The second kappa shape index (κ2) is 4.41. The number of rotatable bonds is 1. The highest BCUT2D eigenvalue weighted by molar-refractivity contribution is 5.94. The first-order chi connectivity index (χ1) is 7.99. The number of benzene rings is 1. The molecule has 1 heterocycles. The molecule has 0 saturated carbocycles. The second-order valence-corrected chi connectivity index (χ2v) is 4.38. The Morgan fingerprint density at radius 2 is 2.12 bits per heavy atom. The molecule has 1 amide bonds. The molecule has 0 bridgehead atoms. The Kier molecular flexibility index (Phi) is 3.11. The Morgan fingerprint density at radius 3 is 2.71 bits per heavy atom. The van der Waals surface area contributed by atoms with E-state index < -0.39 is 17.5 Å². The third-order valence-electron chi connectivity index (χ3n) is 2.99. The molecule has 1 fully saturated rings. The fraction of sp³-hybridized carbons (Fsp3) is 0.417. The molecule has 5 heteroatoms. The zero-order chi connectivity index (χ0) is 12.6. The number of hydrogen-bond acceptors (Lipinski definition) is 2. The van der Waals surface area contributed by atoms with Crippen molar-refractivity contribution in [2.45, 2.75) is 19.4 Å². The third kappa shape index (κ3) is 2.29. The lowest BCUT2D eigenvalue weighted by Gasteiger charge is -2.16. The number of halogens is 2. The number of hydrogen-bond donors (Lipinski definition) is 1. The molecule has 2 rings (SSSR count). The van der Waals surface area contributed by atoms with Gasteiger partial charge in [0.05, 0.1) is 5.56 Å². The Morgan fingerprint density at radius 1 is 1.41 bits per heavy atom. The van der Waals surface area contributed by atoms with E-state index in [1.807, 2.05) is 0 Å². The summed E-state index contributed by atoms with van der Waals surface area (Å²) in [5.41, 5.74) is 5.86. The first-order valence-electron chi connectivity index (χ1n) is 5.49. The molecule has 1 aliphatic rings. The average molecular weight is 240 g/mol. The zero-order valence-corrected chi connectivity index (χ0v) is 9.54. The van der Waals surface area contributed by atoms with Gasteiger partial charge >= 0.3 is 0 Å². The summed E-state index contributed by atoms with van der Waals surface area (Å²) in [5, 5.41) is 0. The van der Waals surface area contributed by atoms with E-state index in [0.717, 1.165) is 6.07 Å². The molecule has 0 spiro atoms. The first kappa shape index (κ1) is 12.0. The van der Waals surface area contributed by atoms with Crippen LogP contribution in [0.15, 0.2) is 12.1 Å². The van der Waals surface area contributed by atoms with Gasteiger partial charge in [0.25, 0.3) is 5.91 Å². The summed E-state index contributed by atoms with van der Waals surface area (Å²) in [6, 6.07) is 1.94. The van der Waals surface area contributed by atoms with Crippen LogP contribution in [0.1, 0.15) is 22.3 Å². The number of carbonyl (C=O) groups excluding carboxylic acids is 1. The minimum atomic E-state index is -0.821. The number of likely N-dealkylation sites (tertiary alicyclic amines) is 1. The maximum Gasteiger partial charge on any atom is 0.256 e. The van der Waals surface area contributed by atoms with Crippen LogP contribution in [0.2, 0.25) is 0 Å². The number of nitrogens with two attached hydrogens (primary N) is 1. The van der Waals surface area contributed by atoms with Gasteiger partial charge < -0.3 is 10.6 Å². The largest absolute Gasteiger partial charge is 0.337 e. The van der Waals surface area contributed by atoms with Crippen molar-refractivity contribution in [1.82, 2.24) is 4.90 Å². The van der Waals surface area contributed by atoms with Crippen molar-refractivity contribution in [2.75, 3.05) is 13.1 Å². The standard InChI is InChI=1S/C12H14F2N2O/c1-7-4-9(11(14)5-10(7)13)12(17)16-3-2-8(15)6-16/h4-5,8H,2-3,6,15H2,1H3. The predicted octanol–water partition coefficient (Wildman–Crippen LogP) is 1.45. The summed E-state index contributed by atoms with van der Waals surface area (Å²) >= 11 is 0. The minimum absolute atomic E-state index is 0.0523. The predicted molar refractivity (Wildman–Crippen MR) is 59.6 cm³/mol. The molecule has 0 aliphatic carbocycles. The highest BCUT2D eigenvalue weighted by Gasteiger charge is 2.26. The highest BCUT2D eigenvalue weighted by atomic mass is 19.1. The number of nitrogens with zero attached hydrogens (tertiary/aromatic N) is 1. The fourth-order valence-electron chi connectivity index (χ4n) is 1.96. The molecule has 1 aromatic carbocycles. The Hall–Kier alpha value is -1.49. The van der Waals surface area contributed by atoms with Gasteiger partial charge in [0.2, 0.25) is 0 Å². The summed E-state index contributed by atoms with van der Waals surface area (Å²) in [6.07, 6.45) is 0.716. The molecule has 1 unspecified atom stereocenters. The topological polar surface area (TPSA) is 46.3 Å². The van der Waals surface area contributed by atoms with Crippen molar-refractivity contribution in [2.24, 2.45) is 5.73 Å². The van der Waals surface area contributed by atoms with Crippen LogP contribution in [-0.4, -0.2) is 29.9 Å². The SMILES string of the molecule is Cc1cc(C(=O)N2CCC(N)C2)c(F)cc1F. The molecular formula is C12H14F2N2O. The quantitative estimate of drug-likeness (QED) is 0.807. The van der Waals surface area contributed by atoms with Gasteiger partial charge in [-0.25, -0.2) is 8.78 Å². The van der Waals surface area contributed by atoms with Gasteiger partial charge in [-0.2, -0.15) is 0 Å². The van der Waals surface area contributed by atoms with Gasteiger partial charge in [0.1, 0.15) is 11.6 Å². The van der Waals surface area contributed by atoms with Crippen molar-refractivity contribution < 1.29 is 13.6 Å². The summed E-state index contributed by atoms with van der Waals surface area (Å²) in [5.74, 6) is -1.88. The lowest BCUT2D eigenvalue weighted by atomic mass is 10.1. The Labute approximate surface area is 98.2 Å². The van der Waals surface area contributed by atoms with Crippen molar-refractivity contribution in [3.8, 4) is 0 Å². The average Bonchev–Trinajstić information content (AvgIpc) is 2.69. The molecular weight excluding hydrogens is 226 g/mol. The van der Waals surface area contributed by atoms with E-state index in [1.54, 1.807) is 0 Å². The molecule has 1 aromatic rings. The van der Waals surface area contributed by atoms with Gasteiger partial charge in [0.15, 0.2) is 0 Å². The molecule has 92 valence electrons. The van der Waals surface area contributed by atoms with E-state index in [0.29, 0.717) is 19.5 Å². The second-order valence-electron chi connectivity index (χ2n) is 4.38. The zero-order valence-electron chi connectivity index (χ0n) is 9.54. The van der Waals surface area contributed by atoms with Crippen molar-refractivity contribution in [3.63, 3.8) is 0 Å². The normalized spacial score (nSPS) is 19.8. The van der Waals surface area contributed by atoms with Crippen molar-refractivity contribution in [3.05, 3.63) is 34.9 Å². The molecule has 0 aromatic heterocycles. The molecule has 17 heavy (non-hydrogen) atoms. The van der Waals surface area contributed by atoms with Crippen LogP contribution in [0.3, 0.4) is 0 Å². The molecule has 0 radical (unpaired) electrons. The maximum absolute atomic E-state index is 13.5. The van der Waals surface area contributed by atoms with Crippen LogP contribution in [0, 0.1) is 18.6 Å². The maximum atomic E-state index is 13.5. The molecule has 1 atom stereocenters. The Bertz CT molecular complexity index is 462. The van der Waals surface area contributed by atoms with Crippen LogP contribution >= 0.6 is 0 Å². The summed E-state index contributed by atoms with van der Waals surface area (Å²) < 4.78 is 26.6. The lowest BCUT2D eigenvalue weighted by molar-refractivity contribution is 0.0786. The van der Waals surface area contributed by atoms with Gasteiger partial charge in [-0.05, 0) is 25.0 Å². The Balaban J connectivity index is 2.28. The van der Waals surface area contributed by atoms with Crippen molar-refractivity contribution >= 4 is 5.91 Å². The molecule has 2 N–H and O–H groups in total. The highest BCUT2D eigenvalue weighted by Crippen LogP contribution is 2.18. The lowest BCUT2D eigenvalue weighted by Crippen LogP contribution is -2.32. The summed E-state index contributed by atoms with van der Waals surface area (Å²) in [6.45, 7) is 2.45. The monoisotopic (exact) mass is 240 g/mol. The smallest absolute Gasteiger partial charge is 0.256 e.